The third-order valence-electron chi connectivity index (χ3n) is 2.66. The second-order valence-electron chi connectivity index (χ2n) is 4.60. The van der Waals surface area contributed by atoms with Gasteiger partial charge < -0.3 is 4.74 Å². The summed E-state index contributed by atoms with van der Waals surface area (Å²) in [5, 5.41) is 4.36. The second kappa shape index (κ2) is 6.06. The van der Waals surface area contributed by atoms with E-state index in [0.717, 1.165) is 5.69 Å². The fraction of sp³-hybridized carbons (Fsp3) is 0.357. The van der Waals surface area contributed by atoms with Gasteiger partial charge in [0.1, 0.15) is 18.2 Å². The number of hydrogen-bond acceptors (Lipinski definition) is 2. The molecule has 2 rings (SSSR count). The van der Waals surface area contributed by atoms with Crippen molar-refractivity contribution in [3.63, 3.8) is 0 Å². The molecule has 0 unspecified atom stereocenters. The Kier molecular flexibility index (Phi) is 4.43. The van der Waals surface area contributed by atoms with Crippen LogP contribution in [0.2, 0.25) is 0 Å². The van der Waals surface area contributed by atoms with E-state index in [2.05, 4.69) is 18.9 Å². The molecule has 0 bridgehead atoms. The smallest absolute Gasteiger partial charge is 0.132 e. The van der Waals surface area contributed by atoms with Gasteiger partial charge in [0.15, 0.2) is 0 Å². The lowest BCUT2D eigenvalue weighted by molar-refractivity contribution is 0.297. The predicted octanol–water partition coefficient (Wildman–Crippen LogP) is 3.92. The fourth-order valence-electron chi connectivity index (χ4n) is 1.68. The third kappa shape index (κ3) is 3.70. The van der Waals surface area contributed by atoms with E-state index in [1.165, 1.54) is 12.1 Å². The van der Waals surface area contributed by atoms with Crippen molar-refractivity contribution in [2.24, 2.45) is 0 Å². The van der Waals surface area contributed by atoms with E-state index in [0.29, 0.717) is 24.0 Å². The topological polar surface area (TPSA) is 27.1 Å². The number of nitrogens with zero attached hydrogens (tertiary/aromatic N) is 2. The molecule has 0 N–H and O–H groups in total. The average molecular weight is 283 g/mol. The number of hydrogen-bond donors (Lipinski definition) is 0. The number of aromatic nitrogens is 2. The highest BCUT2D eigenvalue weighted by molar-refractivity contribution is 6.17. The van der Waals surface area contributed by atoms with Crippen LogP contribution < -0.4 is 4.74 Å². The molecule has 0 fully saturated rings. The normalized spacial score (nSPS) is 11.0. The number of halogens is 2. The molecule has 3 nitrogen and oxygen atoms in total. The molecule has 19 heavy (non-hydrogen) atoms. The van der Waals surface area contributed by atoms with Crippen LogP contribution in [0.1, 0.15) is 31.1 Å². The zero-order valence-corrected chi connectivity index (χ0v) is 11.7. The summed E-state index contributed by atoms with van der Waals surface area (Å²) in [5.41, 5.74) is 1.51. The first-order valence-electron chi connectivity index (χ1n) is 6.10. The second-order valence-corrected chi connectivity index (χ2v) is 4.87. The Hall–Kier alpha value is -1.55. The van der Waals surface area contributed by atoms with Crippen molar-refractivity contribution < 1.29 is 9.13 Å². The average Bonchev–Trinajstić information content (AvgIpc) is 2.84. The van der Waals surface area contributed by atoms with Gasteiger partial charge in [0.2, 0.25) is 0 Å². The maximum atomic E-state index is 13.3. The molecular formula is C14H16ClFN2O. The highest BCUT2D eigenvalue weighted by atomic mass is 35.5. The van der Waals surface area contributed by atoms with Gasteiger partial charge in [-0.3, -0.25) is 4.68 Å². The van der Waals surface area contributed by atoms with Crippen LogP contribution in [0.3, 0.4) is 0 Å². The standard InChI is InChI=1S/C14H16ClFN2O/c1-10(2)18-4-3-13(17-18)9-19-14-6-11(8-15)5-12(16)7-14/h3-7,10H,8-9H2,1-2H3. The fourth-order valence-corrected chi connectivity index (χ4v) is 1.83. The lowest BCUT2D eigenvalue weighted by Gasteiger charge is -2.07. The van der Waals surface area contributed by atoms with Crippen LogP contribution in [-0.2, 0) is 12.5 Å². The molecule has 1 aromatic heterocycles. The maximum absolute atomic E-state index is 13.3. The summed E-state index contributed by atoms with van der Waals surface area (Å²) in [6, 6.07) is 6.67. The molecule has 0 saturated heterocycles. The monoisotopic (exact) mass is 282 g/mol. The highest BCUT2D eigenvalue weighted by Crippen LogP contribution is 2.19. The van der Waals surface area contributed by atoms with Crippen LogP contribution in [0.4, 0.5) is 4.39 Å². The van der Waals surface area contributed by atoms with Gasteiger partial charge in [0.05, 0.1) is 5.69 Å². The van der Waals surface area contributed by atoms with Crippen LogP contribution in [0.5, 0.6) is 5.75 Å². The largest absolute Gasteiger partial charge is 0.487 e. The van der Waals surface area contributed by atoms with E-state index < -0.39 is 0 Å². The molecule has 0 aliphatic carbocycles. The van der Waals surface area contributed by atoms with E-state index in [1.54, 1.807) is 6.07 Å². The molecule has 5 heteroatoms. The number of benzene rings is 1. The first kappa shape index (κ1) is 13.9. The molecule has 102 valence electrons. The maximum Gasteiger partial charge on any atom is 0.132 e. The Labute approximate surface area is 117 Å². The molecule has 0 aliphatic heterocycles. The summed E-state index contributed by atoms with van der Waals surface area (Å²) in [5.74, 6) is 0.381. The Morgan fingerprint density at radius 1 is 1.37 bits per heavy atom. The third-order valence-corrected chi connectivity index (χ3v) is 2.97. The number of rotatable bonds is 5. The van der Waals surface area contributed by atoms with Crippen molar-refractivity contribution in [2.45, 2.75) is 32.4 Å². The summed E-state index contributed by atoms with van der Waals surface area (Å²) in [6.45, 7) is 4.42. The Balaban J connectivity index is 2.03. The van der Waals surface area contributed by atoms with E-state index >= 15 is 0 Å². The Morgan fingerprint density at radius 3 is 2.79 bits per heavy atom. The Morgan fingerprint density at radius 2 is 2.16 bits per heavy atom. The van der Waals surface area contributed by atoms with E-state index in [-0.39, 0.29) is 11.7 Å². The van der Waals surface area contributed by atoms with Crippen molar-refractivity contribution in [1.82, 2.24) is 9.78 Å². The predicted molar refractivity (Wildman–Crippen MR) is 72.9 cm³/mol. The van der Waals surface area contributed by atoms with Crippen molar-refractivity contribution in [1.29, 1.82) is 0 Å². The highest BCUT2D eigenvalue weighted by Gasteiger charge is 2.05. The van der Waals surface area contributed by atoms with Gasteiger partial charge in [0, 0.05) is 24.2 Å². The quantitative estimate of drug-likeness (QED) is 0.777. The number of alkyl halides is 1. The first-order valence-corrected chi connectivity index (χ1v) is 6.64. The molecule has 0 aliphatic rings. The van der Waals surface area contributed by atoms with Gasteiger partial charge in [0.25, 0.3) is 0 Å². The molecular weight excluding hydrogens is 267 g/mol. The zero-order valence-electron chi connectivity index (χ0n) is 10.9. The van der Waals surface area contributed by atoms with E-state index in [9.17, 15) is 4.39 Å². The molecule has 0 spiro atoms. The molecule has 0 radical (unpaired) electrons. The van der Waals surface area contributed by atoms with Gasteiger partial charge in [-0.15, -0.1) is 11.6 Å². The lowest BCUT2D eigenvalue weighted by Crippen LogP contribution is -2.03. The van der Waals surface area contributed by atoms with E-state index in [1.807, 2.05) is 16.9 Å². The summed E-state index contributed by atoms with van der Waals surface area (Å²) in [6.07, 6.45) is 1.90. The van der Waals surface area contributed by atoms with Gasteiger partial charge >= 0.3 is 0 Å². The summed E-state index contributed by atoms with van der Waals surface area (Å²) in [4.78, 5) is 0. The van der Waals surface area contributed by atoms with Gasteiger partial charge in [-0.25, -0.2) is 4.39 Å². The van der Waals surface area contributed by atoms with Gasteiger partial charge in [-0.1, -0.05) is 0 Å². The van der Waals surface area contributed by atoms with Crippen LogP contribution in [-0.4, -0.2) is 9.78 Å². The van der Waals surface area contributed by atoms with Crippen LogP contribution in [0.25, 0.3) is 0 Å². The summed E-state index contributed by atoms with van der Waals surface area (Å²) >= 11 is 5.69. The number of ether oxygens (including phenoxy) is 1. The minimum absolute atomic E-state index is 0.260. The molecule has 2 aromatic rings. The molecule has 1 aromatic carbocycles. The SMILES string of the molecule is CC(C)n1ccc(COc2cc(F)cc(CCl)c2)n1. The summed E-state index contributed by atoms with van der Waals surface area (Å²) in [7, 11) is 0. The molecule has 0 amide bonds. The van der Waals surface area contributed by atoms with Crippen LogP contribution >= 0.6 is 11.6 Å². The molecule has 0 atom stereocenters. The van der Waals surface area contributed by atoms with Gasteiger partial charge in [-0.2, -0.15) is 5.10 Å². The lowest BCUT2D eigenvalue weighted by atomic mass is 10.2. The van der Waals surface area contributed by atoms with Crippen LogP contribution in [0.15, 0.2) is 30.5 Å². The van der Waals surface area contributed by atoms with Gasteiger partial charge in [-0.05, 0) is 37.6 Å². The van der Waals surface area contributed by atoms with Crippen molar-refractivity contribution in [3.05, 3.63) is 47.5 Å². The van der Waals surface area contributed by atoms with Crippen molar-refractivity contribution in [3.8, 4) is 5.75 Å². The van der Waals surface area contributed by atoms with Crippen molar-refractivity contribution >= 4 is 11.6 Å². The van der Waals surface area contributed by atoms with Crippen molar-refractivity contribution in [2.75, 3.05) is 0 Å². The van der Waals surface area contributed by atoms with E-state index in [4.69, 9.17) is 16.3 Å². The molecule has 0 saturated carbocycles. The van der Waals surface area contributed by atoms with Crippen LogP contribution in [0, 0.1) is 5.82 Å². The first-order chi connectivity index (χ1) is 9.08. The minimum atomic E-state index is -0.346. The minimum Gasteiger partial charge on any atom is -0.487 e. The zero-order chi connectivity index (χ0) is 13.8. The Bertz CT molecular complexity index is 554. The summed E-state index contributed by atoms with van der Waals surface area (Å²) < 4.78 is 20.7. The molecule has 1 heterocycles.